The predicted molar refractivity (Wildman–Crippen MR) is 91.4 cm³/mol. The van der Waals surface area contributed by atoms with Crippen molar-refractivity contribution in [2.75, 3.05) is 29.2 Å². The maximum atomic E-state index is 11.2. The van der Waals surface area contributed by atoms with E-state index in [4.69, 9.17) is 0 Å². The molecule has 1 rings (SSSR count). The van der Waals surface area contributed by atoms with Gasteiger partial charge in [-0.1, -0.05) is 20.3 Å². The van der Waals surface area contributed by atoms with Crippen molar-refractivity contribution in [2.45, 2.75) is 52.5 Å². The molecule has 6 heteroatoms. The molecule has 2 N–H and O–H groups in total. The van der Waals surface area contributed by atoms with Gasteiger partial charge in [0, 0.05) is 41.0 Å². The van der Waals surface area contributed by atoms with Crippen LogP contribution in [-0.2, 0) is 17.2 Å². The Bertz CT molecular complexity index is 453. The molecule has 1 aromatic rings. The van der Waals surface area contributed by atoms with Gasteiger partial charge >= 0.3 is 0 Å². The standard InChI is InChI=1S/C15H28N4OS/c1-5-7-13-14(16-9-6-2)17-11-18-15(13)19-12(3)8-10-21(4)20/h11-12H,5-10H2,1-4H3,(H2,16,17,18,19). The molecule has 0 saturated carbocycles. The Hall–Kier alpha value is -1.17. The number of rotatable bonds is 10. The van der Waals surface area contributed by atoms with Crippen molar-refractivity contribution in [2.24, 2.45) is 0 Å². The monoisotopic (exact) mass is 312 g/mol. The lowest BCUT2D eigenvalue weighted by molar-refractivity contribution is 0.678. The van der Waals surface area contributed by atoms with Crippen molar-refractivity contribution in [3.63, 3.8) is 0 Å². The summed E-state index contributed by atoms with van der Waals surface area (Å²) in [6.45, 7) is 7.31. The van der Waals surface area contributed by atoms with Gasteiger partial charge < -0.3 is 10.6 Å². The molecular formula is C15H28N4OS. The minimum atomic E-state index is -0.747. The maximum Gasteiger partial charge on any atom is 0.134 e. The van der Waals surface area contributed by atoms with Gasteiger partial charge in [0.15, 0.2) is 0 Å². The van der Waals surface area contributed by atoms with Crippen LogP contribution in [0.5, 0.6) is 0 Å². The van der Waals surface area contributed by atoms with Crippen LogP contribution in [0.1, 0.15) is 45.6 Å². The van der Waals surface area contributed by atoms with Gasteiger partial charge in [-0.15, -0.1) is 0 Å². The van der Waals surface area contributed by atoms with Gasteiger partial charge in [0.2, 0.25) is 0 Å². The second-order valence-corrected chi connectivity index (χ2v) is 6.89. The molecule has 0 radical (unpaired) electrons. The molecule has 0 fully saturated rings. The lowest BCUT2D eigenvalue weighted by Gasteiger charge is -2.18. The highest BCUT2D eigenvalue weighted by Crippen LogP contribution is 2.22. The van der Waals surface area contributed by atoms with Gasteiger partial charge in [-0.3, -0.25) is 4.21 Å². The second-order valence-electron chi connectivity index (χ2n) is 5.34. The number of hydrogen-bond donors (Lipinski definition) is 2. The van der Waals surface area contributed by atoms with Crippen molar-refractivity contribution in [1.29, 1.82) is 0 Å². The second kappa shape index (κ2) is 9.71. The van der Waals surface area contributed by atoms with E-state index in [-0.39, 0.29) is 6.04 Å². The average Bonchev–Trinajstić information content (AvgIpc) is 2.45. The van der Waals surface area contributed by atoms with Crippen LogP contribution >= 0.6 is 0 Å². The Balaban J connectivity index is 2.81. The minimum absolute atomic E-state index is 0.249. The van der Waals surface area contributed by atoms with Crippen molar-refractivity contribution < 1.29 is 4.21 Å². The van der Waals surface area contributed by atoms with Crippen LogP contribution < -0.4 is 10.6 Å². The third-order valence-electron chi connectivity index (χ3n) is 3.21. The van der Waals surface area contributed by atoms with Crippen LogP contribution in [0.15, 0.2) is 6.33 Å². The SMILES string of the molecule is CCCNc1ncnc(NC(C)CCS(C)=O)c1CCC. The fraction of sp³-hybridized carbons (Fsp3) is 0.733. The van der Waals surface area contributed by atoms with E-state index >= 15 is 0 Å². The van der Waals surface area contributed by atoms with Crippen LogP contribution in [0.4, 0.5) is 11.6 Å². The number of anilines is 2. The third kappa shape index (κ3) is 6.42. The average molecular weight is 312 g/mol. The van der Waals surface area contributed by atoms with E-state index in [0.717, 1.165) is 49.4 Å². The predicted octanol–water partition coefficient (Wildman–Crippen LogP) is 2.82. The lowest BCUT2D eigenvalue weighted by Crippen LogP contribution is -2.20. The van der Waals surface area contributed by atoms with Gasteiger partial charge in [-0.2, -0.15) is 0 Å². The fourth-order valence-corrected chi connectivity index (χ4v) is 2.75. The molecule has 0 saturated heterocycles. The largest absolute Gasteiger partial charge is 0.370 e. The fourth-order valence-electron chi connectivity index (χ4n) is 2.07. The zero-order valence-corrected chi connectivity index (χ0v) is 14.4. The summed E-state index contributed by atoms with van der Waals surface area (Å²) < 4.78 is 11.2. The van der Waals surface area contributed by atoms with Crippen LogP contribution in [0, 0.1) is 0 Å². The van der Waals surface area contributed by atoms with Gasteiger partial charge in [-0.05, 0) is 26.2 Å². The summed E-state index contributed by atoms with van der Waals surface area (Å²) in [5.41, 5.74) is 1.15. The quantitative estimate of drug-likeness (QED) is 0.695. The number of nitrogens with one attached hydrogen (secondary N) is 2. The van der Waals surface area contributed by atoms with Crippen molar-refractivity contribution in [1.82, 2.24) is 9.97 Å². The molecule has 2 atom stereocenters. The van der Waals surface area contributed by atoms with E-state index in [1.807, 2.05) is 0 Å². The van der Waals surface area contributed by atoms with Gasteiger partial charge in [0.05, 0.1) is 0 Å². The molecule has 0 amide bonds. The van der Waals surface area contributed by atoms with Crippen molar-refractivity contribution in [3.05, 3.63) is 11.9 Å². The molecule has 0 aliphatic heterocycles. The van der Waals surface area contributed by atoms with E-state index in [0.29, 0.717) is 5.75 Å². The normalized spacial score (nSPS) is 13.7. The Morgan fingerprint density at radius 2 is 1.95 bits per heavy atom. The third-order valence-corrected chi connectivity index (χ3v) is 4.02. The first-order valence-electron chi connectivity index (χ1n) is 7.72. The summed E-state index contributed by atoms with van der Waals surface area (Å²) in [5.74, 6) is 2.55. The number of hydrogen-bond acceptors (Lipinski definition) is 5. The molecule has 1 heterocycles. The summed E-state index contributed by atoms with van der Waals surface area (Å²) in [6, 6.07) is 0.249. The molecule has 5 nitrogen and oxygen atoms in total. The lowest BCUT2D eigenvalue weighted by atomic mass is 10.1. The molecule has 0 aromatic carbocycles. The highest BCUT2D eigenvalue weighted by molar-refractivity contribution is 7.84. The molecule has 0 aliphatic rings. The Labute approximate surface area is 130 Å². The topological polar surface area (TPSA) is 66.9 Å². The molecular weight excluding hydrogens is 284 g/mol. The van der Waals surface area contributed by atoms with E-state index in [9.17, 15) is 4.21 Å². The smallest absolute Gasteiger partial charge is 0.134 e. The highest BCUT2D eigenvalue weighted by atomic mass is 32.2. The number of nitrogens with zero attached hydrogens (tertiary/aromatic N) is 2. The maximum absolute atomic E-state index is 11.2. The summed E-state index contributed by atoms with van der Waals surface area (Å²) in [5, 5.41) is 6.81. The molecule has 120 valence electrons. The van der Waals surface area contributed by atoms with Crippen molar-refractivity contribution in [3.8, 4) is 0 Å². The summed E-state index contributed by atoms with van der Waals surface area (Å²) in [6.07, 6.45) is 7.28. The van der Waals surface area contributed by atoms with Crippen molar-refractivity contribution >= 4 is 22.4 Å². The zero-order valence-electron chi connectivity index (χ0n) is 13.6. The van der Waals surface area contributed by atoms with E-state index in [1.165, 1.54) is 0 Å². The van der Waals surface area contributed by atoms with Crippen LogP contribution in [0.3, 0.4) is 0 Å². The van der Waals surface area contributed by atoms with Crippen LogP contribution in [-0.4, -0.2) is 38.8 Å². The van der Waals surface area contributed by atoms with E-state index < -0.39 is 10.8 Å². The van der Waals surface area contributed by atoms with Gasteiger partial charge in [0.25, 0.3) is 0 Å². The summed E-state index contributed by atoms with van der Waals surface area (Å²) >= 11 is 0. The zero-order chi connectivity index (χ0) is 15.7. The molecule has 0 aliphatic carbocycles. The first-order valence-corrected chi connectivity index (χ1v) is 9.45. The summed E-state index contributed by atoms with van der Waals surface area (Å²) in [7, 11) is -0.747. The minimum Gasteiger partial charge on any atom is -0.370 e. The first-order chi connectivity index (χ1) is 10.1. The molecule has 0 spiro atoms. The van der Waals surface area contributed by atoms with E-state index in [1.54, 1.807) is 12.6 Å². The van der Waals surface area contributed by atoms with Crippen LogP contribution in [0.25, 0.3) is 0 Å². The number of aromatic nitrogens is 2. The molecule has 0 bridgehead atoms. The Morgan fingerprint density at radius 3 is 2.57 bits per heavy atom. The van der Waals surface area contributed by atoms with Gasteiger partial charge in [0.1, 0.15) is 18.0 Å². The summed E-state index contributed by atoms with van der Waals surface area (Å²) in [4.78, 5) is 8.76. The van der Waals surface area contributed by atoms with Gasteiger partial charge in [-0.25, -0.2) is 9.97 Å². The Morgan fingerprint density at radius 1 is 1.24 bits per heavy atom. The molecule has 1 aromatic heterocycles. The molecule has 21 heavy (non-hydrogen) atoms. The highest BCUT2D eigenvalue weighted by Gasteiger charge is 2.12. The first kappa shape index (κ1) is 17.9. The van der Waals surface area contributed by atoms with Crippen LogP contribution in [0.2, 0.25) is 0 Å². The Kier molecular flexibility index (Phi) is 8.27. The van der Waals surface area contributed by atoms with E-state index in [2.05, 4.69) is 41.4 Å². The molecule has 2 unspecified atom stereocenters.